The lowest BCUT2D eigenvalue weighted by atomic mass is 10.2. The van der Waals surface area contributed by atoms with Crippen LogP contribution in [0.25, 0.3) is 33.2 Å². The minimum Gasteiger partial charge on any atom is -0.361 e. The number of nitrogens with one attached hydrogen (secondary N) is 1. The normalized spacial score (nSPS) is 11.6. The number of rotatable bonds is 3. The van der Waals surface area contributed by atoms with E-state index < -0.39 is 0 Å². The molecule has 29 heavy (non-hydrogen) atoms. The van der Waals surface area contributed by atoms with Gasteiger partial charge in [-0.3, -0.25) is 4.79 Å². The molecule has 0 aliphatic heterocycles. The van der Waals surface area contributed by atoms with Crippen LogP contribution >= 0.6 is 15.9 Å². The summed E-state index contributed by atoms with van der Waals surface area (Å²) < 4.78 is 2.35. The highest BCUT2D eigenvalue weighted by molar-refractivity contribution is 9.10. The summed E-state index contributed by atoms with van der Waals surface area (Å²) in [5.74, 6) is 0.506. The van der Waals surface area contributed by atoms with Gasteiger partial charge in [0.1, 0.15) is 0 Å². The Morgan fingerprint density at radius 2 is 1.76 bits per heavy atom. The number of benzene rings is 3. The molecule has 0 aliphatic carbocycles. The van der Waals surface area contributed by atoms with Crippen LogP contribution in [0.4, 0.5) is 0 Å². The van der Waals surface area contributed by atoms with E-state index in [0.717, 1.165) is 26.5 Å². The van der Waals surface area contributed by atoms with E-state index in [0.29, 0.717) is 16.7 Å². The Bertz CT molecular complexity index is 1430. The van der Waals surface area contributed by atoms with Gasteiger partial charge in [-0.25, -0.2) is 4.98 Å². The van der Waals surface area contributed by atoms with Crippen molar-refractivity contribution < 1.29 is 0 Å². The number of aromatic amines is 1. The average molecular weight is 443 g/mol. The molecule has 0 fully saturated rings. The van der Waals surface area contributed by atoms with Gasteiger partial charge in [0, 0.05) is 32.7 Å². The van der Waals surface area contributed by atoms with Gasteiger partial charge in [0.25, 0.3) is 5.56 Å². The summed E-state index contributed by atoms with van der Waals surface area (Å²) in [6.07, 6.45) is 3.57. The van der Waals surface area contributed by atoms with Gasteiger partial charge in [-0.15, -0.1) is 0 Å². The monoisotopic (exact) mass is 442 g/mol. The molecule has 0 radical (unpaired) electrons. The van der Waals surface area contributed by atoms with E-state index in [4.69, 9.17) is 4.98 Å². The molecule has 0 bridgehead atoms. The van der Waals surface area contributed by atoms with Crippen LogP contribution < -0.4 is 5.56 Å². The predicted octanol–water partition coefficient (Wildman–Crippen LogP) is 5.19. The summed E-state index contributed by atoms with van der Waals surface area (Å²) in [6, 6.07) is 22.9. The Hall–Kier alpha value is -3.51. The largest absolute Gasteiger partial charge is 0.361 e. The third-order valence-electron chi connectivity index (χ3n) is 4.77. The van der Waals surface area contributed by atoms with E-state index in [1.54, 1.807) is 12.3 Å². The van der Waals surface area contributed by atoms with Crippen LogP contribution in [-0.2, 0) is 0 Å². The molecule has 0 unspecified atom stereocenters. The van der Waals surface area contributed by atoms with Crippen molar-refractivity contribution in [1.82, 2.24) is 14.6 Å². The van der Waals surface area contributed by atoms with Crippen molar-refractivity contribution in [3.63, 3.8) is 0 Å². The summed E-state index contributed by atoms with van der Waals surface area (Å²) in [6.45, 7) is 0. The molecule has 0 saturated carbocycles. The quantitative estimate of drug-likeness (QED) is 0.390. The number of para-hydroxylation sites is 1. The molecule has 0 saturated heterocycles. The van der Waals surface area contributed by atoms with Crippen molar-refractivity contribution in [2.24, 2.45) is 5.10 Å². The van der Waals surface area contributed by atoms with Crippen molar-refractivity contribution in [3.8, 4) is 11.4 Å². The van der Waals surface area contributed by atoms with Gasteiger partial charge in [-0.05, 0) is 30.3 Å². The second-order valence-corrected chi connectivity index (χ2v) is 7.53. The van der Waals surface area contributed by atoms with Crippen LogP contribution in [0.3, 0.4) is 0 Å². The average Bonchev–Trinajstić information content (AvgIpc) is 3.15. The molecule has 140 valence electrons. The van der Waals surface area contributed by atoms with Crippen molar-refractivity contribution >= 4 is 44.0 Å². The first kappa shape index (κ1) is 17.6. The summed E-state index contributed by atoms with van der Waals surface area (Å²) in [4.78, 5) is 21.1. The fraction of sp³-hybridized carbons (Fsp3) is 0. The van der Waals surface area contributed by atoms with Gasteiger partial charge in [0.05, 0.1) is 17.1 Å². The van der Waals surface area contributed by atoms with Crippen LogP contribution in [0.2, 0.25) is 0 Å². The van der Waals surface area contributed by atoms with E-state index in [2.05, 4.69) is 26.0 Å². The topological polar surface area (TPSA) is 63.0 Å². The van der Waals surface area contributed by atoms with E-state index >= 15 is 0 Å². The number of halogens is 1. The first-order chi connectivity index (χ1) is 14.2. The minimum atomic E-state index is -0.202. The van der Waals surface area contributed by atoms with E-state index in [-0.39, 0.29) is 5.56 Å². The van der Waals surface area contributed by atoms with Gasteiger partial charge in [0.15, 0.2) is 5.82 Å². The van der Waals surface area contributed by atoms with Crippen molar-refractivity contribution in [1.29, 1.82) is 0 Å². The van der Waals surface area contributed by atoms with Crippen LogP contribution in [0.5, 0.6) is 0 Å². The molecule has 0 amide bonds. The second-order valence-electron chi connectivity index (χ2n) is 6.61. The molecular formula is C23H15BrN4O. The van der Waals surface area contributed by atoms with Crippen molar-refractivity contribution in [2.75, 3.05) is 0 Å². The summed E-state index contributed by atoms with van der Waals surface area (Å²) in [5, 5.41) is 6.09. The lowest BCUT2D eigenvalue weighted by Crippen LogP contribution is -2.20. The smallest absolute Gasteiger partial charge is 0.282 e. The molecule has 5 aromatic rings. The van der Waals surface area contributed by atoms with E-state index in [1.807, 2.05) is 72.9 Å². The second kappa shape index (κ2) is 7.14. The molecular weight excluding hydrogens is 428 g/mol. The van der Waals surface area contributed by atoms with Crippen LogP contribution in [0.15, 0.2) is 93.4 Å². The van der Waals surface area contributed by atoms with Gasteiger partial charge < -0.3 is 4.98 Å². The highest BCUT2D eigenvalue weighted by Crippen LogP contribution is 2.22. The van der Waals surface area contributed by atoms with E-state index in [9.17, 15) is 4.79 Å². The predicted molar refractivity (Wildman–Crippen MR) is 120 cm³/mol. The Morgan fingerprint density at radius 3 is 2.62 bits per heavy atom. The van der Waals surface area contributed by atoms with Crippen LogP contribution in [-0.4, -0.2) is 20.9 Å². The van der Waals surface area contributed by atoms with Gasteiger partial charge in [-0.1, -0.05) is 58.4 Å². The van der Waals surface area contributed by atoms with Gasteiger partial charge in [-0.2, -0.15) is 9.78 Å². The number of hydrogen-bond donors (Lipinski definition) is 1. The first-order valence-corrected chi connectivity index (χ1v) is 9.88. The number of aromatic nitrogens is 3. The maximum atomic E-state index is 13.2. The maximum absolute atomic E-state index is 13.2. The third-order valence-corrected chi connectivity index (χ3v) is 5.27. The first-order valence-electron chi connectivity index (χ1n) is 9.09. The summed E-state index contributed by atoms with van der Waals surface area (Å²) >= 11 is 3.50. The maximum Gasteiger partial charge on any atom is 0.282 e. The number of H-pyrrole nitrogens is 1. The van der Waals surface area contributed by atoms with Crippen molar-refractivity contribution in [3.05, 3.63) is 99.4 Å². The Labute approximate surface area is 174 Å². The van der Waals surface area contributed by atoms with Crippen molar-refractivity contribution in [2.45, 2.75) is 0 Å². The van der Waals surface area contributed by atoms with Gasteiger partial charge >= 0.3 is 0 Å². The zero-order chi connectivity index (χ0) is 19.8. The van der Waals surface area contributed by atoms with Gasteiger partial charge in [0.2, 0.25) is 0 Å². The lowest BCUT2D eigenvalue weighted by molar-refractivity contribution is 0.830. The van der Waals surface area contributed by atoms with Crippen LogP contribution in [0, 0.1) is 0 Å². The Kier molecular flexibility index (Phi) is 4.33. The van der Waals surface area contributed by atoms with Crippen LogP contribution in [0.1, 0.15) is 5.56 Å². The fourth-order valence-corrected chi connectivity index (χ4v) is 3.71. The number of hydrogen-bond acceptors (Lipinski definition) is 3. The summed E-state index contributed by atoms with van der Waals surface area (Å²) in [5.41, 5.74) is 3.17. The molecule has 0 aliphatic rings. The highest BCUT2D eigenvalue weighted by atomic mass is 79.9. The molecule has 5 rings (SSSR count). The third kappa shape index (κ3) is 3.17. The standard InChI is InChI=1S/C23H15BrN4O/c24-17-10-11-20-19(12-17)16(13-25-20)14-26-28-22(15-6-2-1-3-7-15)27-21-9-5-4-8-18(21)23(28)29/h1-14,25H. The fourth-order valence-electron chi connectivity index (χ4n) is 3.35. The highest BCUT2D eigenvalue weighted by Gasteiger charge is 2.12. The molecule has 5 nitrogen and oxygen atoms in total. The SMILES string of the molecule is O=c1c2ccccc2nc(-c2ccccc2)n1N=Cc1c[nH]c2ccc(Br)cc12. The zero-order valence-corrected chi connectivity index (χ0v) is 16.8. The molecule has 3 aromatic carbocycles. The number of nitrogens with zero attached hydrogens (tertiary/aromatic N) is 3. The van der Waals surface area contributed by atoms with E-state index in [1.165, 1.54) is 4.68 Å². The molecule has 1 N–H and O–H groups in total. The number of fused-ring (bicyclic) bond motifs is 2. The Balaban J connectivity index is 1.73. The summed E-state index contributed by atoms with van der Waals surface area (Å²) in [7, 11) is 0. The zero-order valence-electron chi connectivity index (χ0n) is 15.2. The minimum absolute atomic E-state index is 0.202. The molecule has 0 atom stereocenters. The Morgan fingerprint density at radius 1 is 0.966 bits per heavy atom. The molecule has 6 heteroatoms. The molecule has 2 heterocycles. The molecule has 0 spiro atoms. The lowest BCUT2D eigenvalue weighted by Gasteiger charge is -2.09. The molecule has 2 aromatic heterocycles.